The molecular weight excluding hydrogens is 518 g/mol. The standard InChI is InChI=1S/C29H35N3O6S/c1-34-24-17-20(18-25(35-2)28(24)36-3)7-10-31-11-13-32(14-12-31)26(8-15-33)37-22-6-4-5-21(19-22)27-29-23(38-30-27)9-16-39-29/h4-6,9,16-19,26,33H,7-8,10-15H2,1-3H3. The van der Waals surface area contributed by atoms with E-state index in [1.807, 2.05) is 47.8 Å². The molecule has 0 amide bonds. The molecule has 10 heteroatoms. The summed E-state index contributed by atoms with van der Waals surface area (Å²) in [6.45, 7) is 4.55. The van der Waals surface area contributed by atoms with Crippen LogP contribution in [0.4, 0.5) is 0 Å². The van der Waals surface area contributed by atoms with E-state index < -0.39 is 0 Å². The molecule has 3 heterocycles. The first-order valence-electron chi connectivity index (χ1n) is 13.1. The van der Waals surface area contributed by atoms with Crippen molar-refractivity contribution in [2.24, 2.45) is 0 Å². The number of piperazine rings is 1. The van der Waals surface area contributed by atoms with Crippen LogP contribution in [0.3, 0.4) is 0 Å². The van der Waals surface area contributed by atoms with Gasteiger partial charge in [0.05, 0.1) is 21.3 Å². The largest absolute Gasteiger partial charge is 0.493 e. The number of benzene rings is 2. The second kappa shape index (κ2) is 12.7. The van der Waals surface area contributed by atoms with E-state index in [0.717, 1.165) is 72.0 Å². The molecule has 0 saturated carbocycles. The van der Waals surface area contributed by atoms with Crippen LogP contribution in [0, 0.1) is 0 Å². The molecule has 2 aromatic heterocycles. The molecule has 208 valence electrons. The van der Waals surface area contributed by atoms with E-state index in [4.69, 9.17) is 23.5 Å². The average Bonchev–Trinajstić information content (AvgIpc) is 3.60. The molecule has 1 saturated heterocycles. The SMILES string of the molecule is COc1cc(CCN2CCN(C(CCO)Oc3cccc(-c4noc5ccsc45)c3)CC2)cc(OC)c1OC. The summed E-state index contributed by atoms with van der Waals surface area (Å²) in [6, 6.07) is 13.9. The van der Waals surface area contributed by atoms with E-state index in [1.54, 1.807) is 32.7 Å². The van der Waals surface area contributed by atoms with E-state index >= 15 is 0 Å². The van der Waals surface area contributed by atoms with Gasteiger partial charge >= 0.3 is 0 Å². The second-order valence-electron chi connectivity index (χ2n) is 9.42. The van der Waals surface area contributed by atoms with Gasteiger partial charge in [-0.1, -0.05) is 17.3 Å². The third-order valence-corrected chi connectivity index (χ3v) is 7.99. The van der Waals surface area contributed by atoms with Crippen LogP contribution in [0.15, 0.2) is 52.4 Å². The number of thiophene rings is 1. The highest BCUT2D eigenvalue weighted by Crippen LogP contribution is 2.38. The van der Waals surface area contributed by atoms with Crippen LogP contribution < -0.4 is 18.9 Å². The third kappa shape index (κ3) is 6.14. The molecule has 0 bridgehead atoms. The molecular formula is C29H35N3O6S. The molecule has 0 spiro atoms. The van der Waals surface area contributed by atoms with Gasteiger partial charge in [-0.05, 0) is 47.7 Å². The Hall–Kier alpha value is -3.31. The van der Waals surface area contributed by atoms with Gasteiger partial charge in [0.25, 0.3) is 0 Å². The highest BCUT2D eigenvalue weighted by Gasteiger charge is 2.25. The summed E-state index contributed by atoms with van der Waals surface area (Å²) in [5, 5.41) is 16.0. The van der Waals surface area contributed by atoms with Crippen LogP contribution in [0.25, 0.3) is 21.5 Å². The number of aliphatic hydroxyl groups is 1. The molecule has 4 aromatic rings. The zero-order valence-electron chi connectivity index (χ0n) is 22.6. The molecule has 39 heavy (non-hydrogen) atoms. The molecule has 1 atom stereocenters. The predicted octanol–water partition coefficient (Wildman–Crippen LogP) is 4.53. The maximum absolute atomic E-state index is 9.76. The highest BCUT2D eigenvalue weighted by atomic mass is 32.1. The fourth-order valence-electron chi connectivity index (χ4n) is 5.00. The molecule has 1 N–H and O–H groups in total. The Balaban J connectivity index is 1.19. The van der Waals surface area contributed by atoms with Gasteiger partial charge in [0.15, 0.2) is 23.3 Å². The number of hydrogen-bond acceptors (Lipinski definition) is 10. The molecule has 9 nitrogen and oxygen atoms in total. The first-order valence-corrected chi connectivity index (χ1v) is 14.0. The first kappa shape index (κ1) is 27.3. The number of ether oxygens (including phenoxy) is 4. The number of aliphatic hydroxyl groups excluding tert-OH is 1. The molecule has 0 radical (unpaired) electrons. The Morgan fingerprint density at radius 3 is 2.46 bits per heavy atom. The van der Waals surface area contributed by atoms with Gasteiger partial charge < -0.3 is 33.5 Å². The van der Waals surface area contributed by atoms with Gasteiger partial charge in [0.2, 0.25) is 5.75 Å². The number of methoxy groups -OCH3 is 3. The number of fused-ring (bicyclic) bond motifs is 1. The van der Waals surface area contributed by atoms with E-state index in [-0.39, 0.29) is 12.8 Å². The highest BCUT2D eigenvalue weighted by molar-refractivity contribution is 7.17. The number of aromatic nitrogens is 1. The topological polar surface area (TPSA) is 89.7 Å². The van der Waals surface area contributed by atoms with Crippen molar-refractivity contribution in [3.05, 3.63) is 53.4 Å². The lowest BCUT2D eigenvalue weighted by Gasteiger charge is -2.39. The van der Waals surface area contributed by atoms with Crippen LogP contribution in [-0.2, 0) is 6.42 Å². The van der Waals surface area contributed by atoms with Crippen molar-refractivity contribution in [1.82, 2.24) is 15.0 Å². The average molecular weight is 554 g/mol. The van der Waals surface area contributed by atoms with Crippen LogP contribution >= 0.6 is 11.3 Å². The number of hydrogen-bond donors (Lipinski definition) is 1. The summed E-state index contributed by atoms with van der Waals surface area (Å²) in [4.78, 5) is 4.76. The fraction of sp³-hybridized carbons (Fsp3) is 0.414. The van der Waals surface area contributed by atoms with E-state index in [1.165, 1.54) is 0 Å². The van der Waals surface area contributed by atoms with Crippen molar-refractivity contribution < 1.29 is 28.6 Å². The summed E-state index contributed by atoms with van der Waals surface area (Å²) >= 11 is 1.61. The smallest absolute Gasteiger partial charge is 0.203 e. The summed E-state index contributed by atoms with van der Waals surface area (Å²) in [5.41, 5.74) is 3.71. The van der Waals surface area contributed by atoms with Crippen molar-refractivity contribution in [2.75, 3.05) is 60.7 Å². The van der Waals surface area contributed by atoms with Gasteiger partial charge in [-0.3, -0.25) is 4.90 Å². The quantitative estimate of drug-likeness (QED) is 0.272. The number of nitrogens with zero attached hydrogens (tertiary/aromatic N) is 3. The molecule has 1 aliphatic heterocycles. The molecule has 1 fully saturated rings. The Morgan fingerprint density at radius 2 is 1.77 bits per heavy atom. The van der Waals surface area contributed by atoms with Crippen molar-refractivity contribution >= 4 is 21.6 Å². The summed E-state index contributed by atoms with van der Waals surface area (Å²) in [5.74, 6) is 2.71. The van der Waals surface area contributed by atoms with Gasteiger partial charge in [0.1, 0.15) is 16.1 Å². The Bertz CT molecular complexity index is 1340. The van der Waals surface area contributed by atoms with Crippen molar-refractivity contribution in [1.29, 1.82) is 0 Å². The Morgan fingerprint density at radius 1 is 1.00 bits per heavy atom. The van der Waals surface area contributed by atoms with Crippen LogP contribution in [0.1, 0.15) is 12.0 Å². The predicted molar refractivity (Wildman–Crippen MR) is 151 cm³/mol. The molecule has 1 unspecified atom stereocenters. The number of rotatable bonds is 12. The maximum atomic E-state index is 9.76. The lowest BCUT2D eigenvalue weighted by atomic mass is 10.1. The minimum absolute atomic E-state index is 0.0603. The van der Waals surface area contributed by atoms with Crippen LogP contribution in [-0.4, -0.2) is 87.0 Å². The summed E-state index contributed by atoms with van der Waals surface area (Å²) in [7, 11) is 4.89. The van der Waals surface area contributed by atoms with Crippen molar-refractivity contribution in [2.45, 2.75) is 19.1 Å². The van der Waals surface area contributed by atoms with E-state index in [9.17, 15) is 5.11 Å². The van der Waals surface area contributed by atoms with Crippen molar-refractivity contribution in [3.63, 3.8) is 0 Å². The summed E-state index contributed by atoms with van der Waals surface area (Å²) < 4.78 is 29.3. The Kier molecular flexibility index (Phi) is 8.88. The van der Waals surface area contributed by atoms with Gasteiger partial charge in [-0.15, -0.1) is 11.3 Å². The zero-order chi connectivity index (χ0) is 27.2. The molecule has 5 rings (SSSR count). The second-order valence-corrected chi connectivity index (χ2v) is 10.3. The normalized spacial score (nSPS) is 15.4. The van der Waals surface area contributed by atoms with Crippen LogP contribution in [0.5, 0.6) is 23.0 Å². The van der Waals surface area contributed by atoms with E-state index in [0.29, 0.717) is 23.7 Å². The van der Waals surface area contributed by atoms with Gasteiger partial charge in [0, 0.05) is 51.3 Å². The van der Waals surface area contributed by atoms with Crippen molar-refractivity contribution in [3.8, 4) is 34.3 Å². The maximum Gasteiger partial charge on any atom is 0.203 e. The van der Waals surface area contributed by atoms with E-state index in [2.05, 4.69) is 15.0 Å². The minimum atomic E-state index is -0.207. The molecule has 2 aromatic carbocycles. The molecule has 1 aliphatic rings. The minimum Gasteiger partial charge on any atom is -0.493 e. The lowest BCUT2D eigenvalue weighted by molar-refractivity contribution is -0.0204. The third-order valence-electron chi connectivity index (χ3n) is 7.09. The zero-order valence-corrected chi connectivity index (χ0v) is 23.4. The Labute approximate surface area is 232 Å². The van der Waals surface area contributed by atoms with Gasteiger partial charge in [-0.25, -0.2) is 0 Å². The first-order chi connectivity index (χ1) is 19.1. The lowest BCUT2D eigenvalue weighted by Crippen LogP contribution is -2.52. The van der Waals surface area contributed by atoms with Crippen LogP contribution in [0.2, 0.25) is 0 Å². The monoisotopic (exact) mass is 553 g/mol. The van der Waals surface area contributed by atoms with Gasteiger partial charge in [-0.2, -0.15) is 0 Å². The fourth-order valence-corrected chi connectivity index (χ4v) is 5.82. The summed E-state index contributed by atoms with van der Waals surface area (Å²) in [6.07, 6.45) is 1.20. The molecule has 0 aliphatic carbocycles.